The molecule has 52 heavy (non-hydrogen) atoms. The van der Waals surface area contributed by atoms with Crippen molar-refractivity contribution >= 4 is 21.9 Å². The van der Waals surface area contributed by atoms with Gasteiger partial charge in [0.2, 0.25) is 0 Å². The normalized spacial score (nSPS) is 13.0. The van der Waals surface area contributed by atoms with Crippen molar-refractivity contribution in [1.29, 1.82) is 0 Å². The minimum Gasteiger partial charge on any atom is -0.456 e. The summed E-state index contributed by atoms with van der Waals surface area (Å²) < 4.78 is 6.48. The van der Waals surface area contributed by atoms with Gasteiger partial charge in [-0.3, -0.25) is 0 Å². The van der Waals surface area contributed by atoms with E-state index in [-0.39, 0.29) is 5.41 Å². The topological polar surface area (TPSA) is 51.8 Å². The molecule has 9 aromatic rings. The zero-order valence-corrected chi connectivity index (χ0v) is 28.8. The highest BCUT2D eigenvalue weighted by Crippen LogP contribution is 2.52. The molecule has 4 heteroatoms. The molecule has 2 aromatic heterocycles. The van der Waals surface area contributed by atoms with Crippen LogP contribution in [-0.4, -0.2) is 15.0 Å². The smallest absolute Gasteiger partial charge is 0.164 e. The number of nitrogens with zero attached hydrogens (tertiary/aromatic N) is 3. The minimum absolute atomic E-state index is 0.0721. The summed E-state index contributed by atoms with van der Waals surface area (Å²) >= 11 is 0. The fourth-order valence-corrected chi connectivity index (χ4v) is 7.99. The van der Waals surface area contributed by atoms with Gasteiger partial charge in [-0.2, -0.15) is 0 Å². The van der Waals surface area contributed by atoms with Crippen molar-refractivity contribution in [2.75, 3.05) is 0 Å². The zero-order valence-electron chi connectivity index (χ0n) is 28.8. The molecule has 0 atom stereocenters. The fourth-order valence-electron chi connectivity index (χ4n) is 7.99. The monoisotopic (exact) mass is 667 g/mol. The van der Waals surface area contributed by atoms with Gasteiger partial charge in [-0.05, 0) is 68.8 Å². The highest BCUT2D eigenvalue weighted by molar-refractivity contribution is 6.13. The predicted octanol–water partition coefficient (Wildman–Crippen LogP) is 12.4. The van der Waals surface area contributed by atoms with E-state index < -0.39 is 0 Å². The number of rotatable bonds is 5. The van der Waals surface area contributed by atoms with Crippen LogP contribution in [0.2, 0.25) is 0 Å². The van der Waals surface area contributed by atoms with Gasteiger partial charge >= 0.3 is 0 Å². The molecule has 1 aliphatic carbocycles. The van der Waals surface area contributed by atoms with Gasteiger partial charge in [0, 0.05) is 32.9 Å². The lowest BCUT2D eigenvalue weighted by atomic mass is 9.82. The molecule has 0 N–H and O–H groups in total. The molecular weight excluding hydrogens is 635 g/mol. The summed E-state index contributed by atoms with van der Waals surface area (Å²) in [5, 5.41) is 2.16. The van der Waals surface area contributed by atoms with Crippen LogP contribution < -0.4 is 0 Å². The maximum absolute atomic E-state index is 6.48. The first-order chi connectivity index (χ1) is 25.5. The van der Waals surface area contributed by atoms with Gasteiger partial charge in [-0.15, -0.1) is 0 Å². The van der Waals surface area contributed by atoms with Crippen molar-refractivity contribution in [2.45, 2.75) is 19.3 Å². The Labute approximate surface area is 302 Å². The molecule has 2 heterocycles. The van der Waals surface area contributed by atoms with Crippen molar-refractivity contribution in [3.63, 3.8) is 0 Å². The number of benzene rings is 7. The Morgan fingerprint density at radius 1 is 0.404 bits per heavy atom. The van der Waals surface area contributed by atoms with Gasteiger partial charge in [0.15, 0.2) is 17.5 Å². The second-order valence-electron chi connectivity index (χ2n) is 14.0. The van der Waals surface area contributed by atoms with Crippen molar-refractivity contribution in [3.05, 3.63) is 175 Å². The predicted molar refractivity (Wildman–Crippen MR) is 212 cm³/mol. The Balaban J connectivity index is 1.12. The van der Waals surface area contributed by atoms with Crippen molar-refractivity contribution in [1.82, 2.24) is 15.0 Å². The van der Waals surface area contributed by atoms with E-state index in [0.717, 1.165) is 55.3 Å². The van der Waals surface area contributed by atoms with Gasteiger partial charge in [0.1, 0.15) is 11.2 Å². The first-order valence-electron chi connectivity index (χ1n) is 17.7. The van der Waals surface area contributed by atoms with E-state index >= 15 is 0 Å². The summed E-state index contributed by atoms with van der Waals surface area (Å²) in [4.78, 5) is 15.2. The number of aromatic nitrogens is 3. The number of furan rings is 1. The van der Waals surface area contributed by atoms with Crippen LogP contribution in [0.3, 0.4) is 0 Å². The molecule has 4 nitrogen and oxygen atoms in total. The molecule has 0 unspecified atom stereocenters. The average molecular weight is 668 g/mol. The maximum Gasteiger partial charge on any atom is 0.164 e. The summed E-state index contributed by atoms with van der Waals surface area (Å²) in [7, 11) is 0. The third-order valence-corrected chi connectivity index (χ3v) is 10.5. The Kier molecular flexibility index (Phi) is 6.80. The Morgan fingerprint density at radius 2 is 0.962 bits per heavy atom. The lowest BCUT2D eigenvalue weighted by Gasteiger charge is -2.21. The molecule has 0 amide bonds. The number of hydrogen-bond donors (Lipinski definition) is 0. The Hall–Kier alpha value is -6.65. The van der Waals surface area contributed by atoms with Crippen LogP contribution in [0.1, 0.15) is 25.0 Å². The quantitative estimate of drug-likeness (QED) is 0.183. The SMILES string of the molecule is CC1(C)c2ccccc2-c2c(-c3cccc(-c4nc(-c5ccccc5)nc(-c5ccc6c(c5)oc5cccc(-c7ccccc7)c56)n4)c3)cccc21. The summed E-state index contributed by atoms with van der Waals surface area (Å²) in [6.07, 6.45) is 0. The molecule has 1 aliphatic rings. The van der Waals surface area contributed by atoms with Crippen LogP contribution >= 0.6 is 0 Å². The van der Waals surface area contributed by atoms with Gasteiger partial charge in [0.05, 0.1) is 0 Å². The van der Waals surface area contributed by atoms with Crippen LogP contribution in [0.25, 0.3) is 89.5 Å². The molecule has 0 saturated heterocycles. The second kappa shape index (κ2) is 11.7. The molecule has 0 aliphatic heterocycles. The van der Waals surface area contributed by atoms with Gasteiger partial charge in [0.25, 0.3) is 0 Å². The summed E-state index contributed by atoms with van der Waals surface area (Å²) in [6, 6.07) is 57.2. The molecule has 7 aromatic carbocycles. The zero-order chi connectivity index (χ0) is 34.8. The van der Waals surface area contributed by atoms with Crippen molar-refractivity contribution < 1.29 is 4.42 Å². The van der Waals surface area contributed by atoms with Gasteiger partial charge < -0.3 is 4.42 Å². The van der Waals surface area contributed by atoms with Crippen LogP contribution in [0.15, 0.2) is 168 Å². The fraction of sp³-hybridized carbons (Fsp3) is 0.0625. The molecular formula is C48H33N3O. The molecule has 246 valence electrons. The summed E-state index contributed by atoms with van der Waals surface area (Å²) in [5.74, 6) is 1.84. The molecule has 0 spiro atoms. The lowest BCUT2D eigenvalue weighted by molar-refractivity contribution is 0.660. The first-order valence-corrected chi connectivity index (χ1v) is 17.7. The van der Waals surface area contributed by atoms with Crippen molar-refractivity contribution in [2.24, 2.45) is 0 Å². The maximum atomic E-state index is 6.48. The number of hydrogen-bond acceptors (Lipinski definition) is 4. The second-order valence-corrected chi connectivity index (χ2v) is 14.0. The van der Waals surface area contributed by atoms with Crippen LogP contribution in [0.4, 0.5) is 0 Å². The van der Waals surface area contributed by atoms with E-state index in [1.54, 1.807) is 0 Å². The largest absolute Gasteiger partial charge is 0.456 e. The van der Waals surface area contributed by atoms with E-state index in [2.05, 4.69) is 135 Å². The van der Waals surface area contributed by atoms with Crippen LogP contribution in [0, 0.1) is 0 Å². The number of fused-ring (bicyclic) bond motifs is 6. The standard InChI is InChI=1S/C48H33N3O/c1-48(2)39-23-10-9-20-37(39)43-36(21-12-24-40(43)48)32-18-11-19-33(28-32)46-49-45(31-16-7-4-8-17-31)50-47(51-46)34-26-27-38-42(29-34)52-41-25-13-22-35(44(38)41)30-14-5-3-6-15-30/h3-29H,1-2H3. The van der Waals surface area contributed by atoms with Crippen molar-refractivity contribution in [3.8, 4) is 67.5 Å². The molecule has 0 bridgehead atoms. The Morgan fingerprint density at radius 3 is 1.75 bits per heavy atom. The third kappa shape index (κ3) is 4.79. The van der Waals surface area contributed by atoms with E-state index in [4.69, 9.17) is 19.4 Å². The molecule has 10 rings (SSSR count). The molecule has 0 fully saturated rings. The summed E-state index contributed by atoms with van der Waals surface area (Å²) in [5.41, 5.74) is 14.3. The molecule has 0 saturated carbocycles. The Bertz CT molecular complexity index is 2820. The van der Waals surface area contributed by atoms with Gasteiger partial charge in [-0.25, -0.2) is 15.0 Å². The van der Waals surface area contributed by atoms with E-state index in [1.807, 2.05) is 42.5 Å². The first kappa shape index (κ1) is 30.2. The average Bonchev–Trinajstić information content (AvgIpc) is 3.70. The van der Waals surface area contributed by atoms with E-state index in [9.17, 15) is 0 Å². The molecule has 0 radical (unpaired) electrons. The highest BCUT2D eigenvalue weighted by Gasteiger charge is 2.36. The van der Waals surface area contributed by atoms with E-state index in [1.165, 1.54) is 27.8 Å². The minimum atomic E-state index is -0.0721. The van der Waals surface area contributed by atoms with E-state index in [0.29, 0.717) is 17.5 Å². The van der Waals surface area contributed by atoms with Crippen LogP contribution in [-0.2, 0) is 5.41 Å². The highest BCUT2D eigenvalue weighted by atomic mass is 16.3. The third-order valence-electron chi connectivity index (χ3n) is 10.5. The van der Waals surface area contributed by atoms with Crippen LogP contribution in [0.5, 0.6) is 0 Å². The lowest BCUT2D eigenvalue weighted by Crippen LogP contribution is -2.14. The van der Waals surface area contributed by atoms with Gasteiger partial charge in [-0.1, -0.05) is 153 Å². The summed E-state index contributed by atoms with van der Waals surface area (Å²) in [6.45, 7) is 4.64.